The average molecular weight is 484 g/mol. The summed E-state index contributed by atoms with van der Waals surface area (Å²) >= 11 is 0. The van der Waals surface area contributed by atoms with Gasteiger partial charge in [-0.1, -0.05) is 42.0 Å². The van der Waals surface area contributed by atoms with Crippen LogP contribution in [-0.2, 0) is 10.0 Å². The van der Waals surface area contributed by atoms with Gasteiger partial charge in [-0.15, -0.1) is 0 Å². The van der Waals surface area contributed by atoms with Gasteiger partial charge in [0.05, 0.1) is 30.3 Å². The summed E-state index contributed by atoms with van der Waals surface area (Å²) in [4.78, 5) is 0.241. The first-order valence-electron chi connectivity index (χ1n) is 11.2. The molecule has 0 amide bonds. The van der Waals surface area contributed by atoms with Gasteiger partial charge in [0.15, 0.2) is 0 Å². The highest BCUT2D eigenvalue weighted by molar-refractivity contribution is 7.90. The first-order chi connectivity index (χ1) is 16.9. The average Bonchev–Trinajstić information content (AvgIpc) is 3.30. The third-order valence-electron chi connectivity index (χ3n) is 6.15. The van der Waals surface area contributed by atoms with Gasteiger partial charge >= 0.3 is 0 Å². The van der Waals surface area contributed by atoms with Crippen molar-refractivity contribution in [2.75, 3.05) is 14.2 Å². The summed E-state index contributed by atoms with van der Waals surface area (Å²) in [6.45, 7) is 1.94. The molecule has 0 N–H and O–H groups in total. The van der Waals surface area contributed by atoms with E-state index in [9.17, 15) is 8.42 Å². The van der Waals surface area contributed by atoms with E-state index in [1.54, 1.807) is 26.4 Å². The number of rotatable bonds is 6. The lowest BCUT2D eigenvalue weighted by Crippen LogP contribution is -2.14. The molecular formula is C29H25NO4S. The monoisotopic (exact) mass is 483 g/mol. The maximum Gasteiger partial charge on any atom is 0.268 e. The molecule has 0 aliphatic rings. The van der Waals surface area contributed by atoms with Crippen molar-refractivity contribution in [2.24, 2.45) is 0 Å². The number of hydrogen-bond acceptors (Lipinski definition) is 4. The molecule has 0 aliphatic heterocycles. The van der Waals surface area contributed by atoms with Gasteiger partial charge < -0.3 is 9.47 Å². The van der Waals surface area contributed by atoms with Crippen LogP contribution < -0.4 is 9.47 Å². The summed E-state index contributed by atoms with van der Waals surface area (Å²) in [6.07, 6.45) is 0. The van der Waals surface area contributed by atoms with E-state index < -0.39 is 10.0 Å². The number of methoxy groups -OCH3 is 2. The molecule has 0 radical (unpaired) electrons. The lowest BCUT2D eigenvalue weighted by Gasteiger charge is -2.13. The third kappa shape index (κ3) is 4.06. The summed E-state index contributed by atoms with van der Waals surface area (Å²) in [7, 11) is -0.640. The fourth-order valence-electron chi connectivity index (χ4n) is 4.27. The first-order valence-corrected chi connectivity index (χ1v) is 12.6. The molecule has 5 aromatic rings. The van der Waals surface area contributed by atoms with Crippen molar-refractivity contribution in [3.8, 4) is 33.9 Å². The largest absolute Gasteiger partial charge is 0.497 e. The highest BCUT2D eigenvalue weighted by Gasteiger charge is 2.25. The van der Waals surface area contributed by atoms with Gasteiger partial charge in [0.1, 0.15) is 11.5 Å². The number of aromatic nitrogens is 1. The summed E-state index contributed by atoms with van der Waals surface area (Å²) in [5.41, 5.74) is 4.89. The lowest BCUT2D eigenvalue weighted by molar-refractivity contribution is 0.415. The Morgan fingerprint density at radius 2 is 1.26 bits per heavy atom. The normalized spacial score (nSPS) is 11.5. The molecule has 1 heterocycles. The molecule has 0 spiro atoms. The van der Waals surface area contributed by atoms with E-state index >= 15 is 0 Å². The second-order valence-electron chi connectivity index (χ2n) is 8.31. The van der Waals surface area contributed by atoms with Crippen molar-refractivity contribution in [3.05, 3.63) is 103 Å². The predicted octanol–water partition coefficient (Wildman–Crippen LogP) is 6.54. The molecule has 4 aromatic carbocycles. The van der Waals surface area contributed by atoms with E-state index in [1.807, 2.05) is 91.9 Å². The minimum atomic E-state index is -3.88. The number of benzene rings is 4. The standard InChI is InChI=1S/C29H25NO4S/c1-20-7-17-25(18-8-20)35(31,32)30-28-6-4-5-26(21-9-13-23(33-2)14-10-21)27(28)19-29(30)22-11-15-24(34-3)16-12-22/h4-19H,1-3H3. The summed E-state index contributed by atoms with van der Waals surface area (Å²) in [6, 6.07) is 29.8. The van der Waals surface area contributed by atoms with Crippen molar-refractivity contribution in [1.82, 2.24) is 3.97 Å². The first kappa shape index (κ1) is 22.7. The fourth-order valence-corrected chi connectivity index (χ4v) is 5.79. The van der Waals surface area contributed by atoms with Gasteiger partial charge in [0, 0.05) is 5.39 Å². The summed E-state index contributed by atoms with van der Waals surface area (Å²) in [5, 5.41) is 0.846. The van der Waals surface area contributed by atoms with Crippen molar-refractivity contribution < 1.29 is 17.9 Å². The minimum absolute atomic E-state index is 0.241. The molecular weight excluding hydrogens is 458 g/mol. The molecule has 1 aromatic heterocycles. The van der Waals surface area contributed by atoms with Crippen molar-refractivity contribution in [1.29, 1.82) is 0 Å². The van der Waals surface area contributed by atoms with E-state index in [4.69, 9.17) is 9.47 Å². The third-order valence-corrected chi connectivity index (χ3v) is 7.89. The molecule has 6 heteroatoms. The van der Waals surface area contributed by atoms with Crippen LogP contribution in [0.5, 0.6) is 11.5 Å². The molecule has 0 fully saturated rings. The van der Waals surface area contributed by atoms with Crippen LogP contribution >= 0.6 is 0 Å². The Balaban J connectivity index is 1.80. The van der Waals surface area contributed by atoms with Crippen molar-refractivity contribution >= 4 is 20.9 Å². The smallest absolute Gasteiger partial charge is 0.268 e. The van der Waals surface area contributed by atoms with E-state index in [1.165, 1.54) is 3.97 Å². The summed E-state index contributed by atoms with van der Waals surface area (Å²) in [5.74, 6) is 1.47. The van der Waals surface area contributed by atoms with Crippen LogP contribution in [0.15, 0.2) is 102 Å². The molecule has 0 aliphatic carbocycles. The highest BCUT2D eigenvalue weighted by Crippen LogP contribution is 2.38. The van der Waals surface area contributed by atoms with Crippen LogP contribution in [0, 0.1) is 6.92 Å². The molecule has 5 nitrogen and oxygen atoms in total. The molecule has 0 atom stereocenters. The zero-order valence-electron chi connectivity index (χ0n) is 19.7. The van der Waals surface area contributed by atoms with E-state index in [0.717, 1.165) is 33.4 Å². The molecule has 5 rings (SSSR count). The Morgan fingerprint density at radius 3 is 1.83 bits per heavy atom. The Kier molecular flexibility index (Phi) is 5.83. The van der Waals surface area contributed by atoms with Crippen LogP contribution in [0.2, 0.25) is 0 Å². The maximum absolute atomic E-state index is 14.0. The van der Waals surface area contributed by atoms with Crippen LogP contribution in [0.25, 0.3) is 33.3 Å². The summed E-state index contributed by atoms with van der Waals surface area (Å²) < 4.78 is 40.0. The van der Waals surface area contributed by atoms with Crippen LogP contribution in [0.3, 0.4) is 0 Å². The number of ether oxygens (including phenoxy) is 2. The van der Waals surface area contributed by atoms with E-state index in [0.29, 0.717) is 17.0 Å². The molecule has 176 valence electrons. The van der Waals surface area contributed by atoms with Gasteiger partial charge in [-0.25, -0.2) is 12.4 Å². The van der Waals surface area contributed by atoms with Crippen molar-refractivity contribution in [3.63, 3.8) is 0 Å². The van der Waals surface area contributed by atoms with E-state index in [-0.39, 0.29) is 4.90 Å². The van der Waals surface area contributed by atoms with Gasteiger partial charge in [0.25, 0.3) is 10.0 Å². The molecule has 0 saturated carbocycles. The van der Waals surface area contributed by atoms with Crippen LogP contribution in [-0.4, -0.2) is 26.6 Å². The Hall–Kier alpha value is -4.03. The van der Waals surface area contributed by atoms with Crippen LogP contribution in [0.1, 0.15) is 5.56 Å². The SMILES string of the molecule is COc1ccc(-c2cccc3c2cc(-c2ccc(OC)cc2)n3S(=O)(=O)c2ccc(C)cc2)cc1. The molecule has 0 unspecified atom stereocenters. The molecule has 35 heavy (non-hydrogen) atoms. The predicted molar refractivity (Wildman–Crippen MR) is 140 cm³/mol. The lowest BCUT2D eigenvalue weighted by atomic mass is 10.0. The van der Waals surface area contributed by atoms with Gasteiger partial charge in [-0.2, -0.15) is 0 Å². The topological polar surface area (TPSA) is 57.5 Å². The number of fused-ring (bicyclic) bond motifs is 1. The number of aryl methyl sites for hydroxylation is 1. The number of nitrogens with zero attached hydrogens (tertiary/aromatic N) is 1. The fraction of sp³-hybridized carbons (Fsp3) is 0.103. The molecule has 0 bridgehead atoms. The minimum Gasteiger partial charge on any atom is -0.497 e. The van der Waals surface area contributed by atoms with Crippen LogP contribution in [0.4, 0.5) is 0 Å². The second-order valence-corrected chi connectivity index (χ2v) is 10.1. The second kappa shape index (κ2) is 8.96. The zero-order valence-corrected chi connectivity index (χ0v) is 20.5. The van der Waals surface area contributed by atoms with E-state index in [2.05, 4.69) is 0 Å². The maximum atomic E-state index is 14.0. The van der Waals surface area contributed by atoms with Gasteiger partial charge in [0.2, 0.25) is 0 Å². The quantitative estimate of drug-likeness (QED) is 0.275. The Morgan fingerprint density at radius 1 is 0.686 bits per heavy atom. The Labute approximate surface area is 205 Å². The van der Waals surface area contributed by atoms with Gasteiger partial charge in [-0.3, -0.25) is 0 Å². The number of hydrogen-bond donors (Lipinski definition) is 0. The Bertz CT molecular complexity index is 1600. The highest BCUT2D eigenvalue weighted by atomic mass is 32.2. The zero-order chi connectivity index (χ0) is 24.6. The van der Waals surface area contributed by atoms with Gasteiger partial charge in [-0.05, 0) is 84.3 Å². The molecule has 0 saturated heterocycles. The van der Waals surface area contributed by atoms with Crippen molar-refractivity contribution in [2.45, 2.75) is 11.8 Å².